The Morgan fingerprint density at radius 2 is 2.00 bits per heavy atom. The summed E-state index contributed by atoms with van der Waals surface area (Å²) < 4.78 is 15.7. The van der Waals surface area contributed by atoms with Crippen LogP contribution in [-0.4, -0.2) is 35.0 Å². The number of aromatic amines is 1. The maximum absolute atomic E-state index is 12.3. The van der Waals surface area contributed by atoms with Gasteiger partial charge in [0.2, 0.25) is 6.79 Å². The van der Waals surface area contributed by atoms with Crippen LogP contribution in [0.25, 0.3) is 10.9 Å². The monoisotopic (exact) mass is 353 g/mol. The van der Waals surface area contributed by atoms with Crippen LogP contribution in [0.2, 0.25) is 0 Å². The molecule has 0 bridgehead atoms. The van der Waals surface area contributed by atoms with Crippen molar-refractivity contribution in [3.8, 4) is 11.5 Å². The first kappa shape index (κ1) is 15.9. The van der Waals surface area contributed by atoms with Gasteiger partial charge in [-0.1, -0.05) is 18.2 Å². The number of carbonyl (C=O) groups excluding carboxylic acids is 2. The number of para-hydroxylation sites is 1. The maximum Gasteiger partial charge on any atom is 0.360 e. The second kappa shape index (κ2) is 6.40. The summed E-state index contributed by atoms with van der Waals surface area (Å²) in [5.74, 6) is 0.0381. The number of fused-ring (bicyclic) bond motifs is 2. The summed E-state index contributed by atoms with van der Waals surface area (Å²) in [5, 5.41) is 10.0. The van der Waals surface area contributed by atoms with Crippen LogP contribution in [-0.2, 0) is 9.53 Å². The van der Waals surface area contributed by atoms with Gasteiger partial charge in [0.05, 0.1) is 5.52 Å². The highest BCUT2D eigenvalue weighted by Crippen LogP contribution is 2.34. The van der Waals surface area contributed by atoms with Crippen LogP contribution in [0.5, 0.6) is 11.5 Å². The zero-order chi connectivity index (χ0) is 18.1. The van der Waals surface area contributed by atoms with Gasteiger partial charge in [0.1, 0.15) is 0 Å². The highest BCUT2D eigenvalue weighted by molar-refractivity contribution is 6.03. The van der Waals surface area contributed by atoms with E-state index in [9.17, 15) is 9.59 Å². The Kier molecular flexibility index (Phi) is 3.92. The Balaban J connectivity index is 1.43. The first-order chi connectivity index (χ1) is 12.6. The van der Waals surface area contributed by atoms with E-state index in [0.717, 1.165) is 5.52 Å². The first-order valence-corrected chi connectivity index (χ1v) is 7.96. The fraction of sp³-hybridized carbons (Fsp3) is 0.167. The van der Waals surface area contributed by atoms with Gasteiger partial charge in [-0.3, -0.25) is 9.89 Å². The molecule has 0 saturated heterocycles. The lowest BCUT2D eigenvalue weighted by molar-refractivity contribution is -0.123. The molecule has 2 N–H and O–H groups in total. The number of anilines is 1. The standard InChI is InChI=1S/C18H15N3O5/c1-10(17(22)19-11-6-7-14-15(8-11)25-9-24-14)26-18(23)16-12-4-2-3-5-13(12)20-21-16/h2-8,10H,9H2,1H3,(H,19,22)(H,20,21)/t10-/m0/s1. The Hall–Kier alpha value is -3.55. The van der Waals surface area contributed by atoms with E-state index >= 15 is 0 Å². The van der Waals surface area contributed by atoms with Crippen molar-refractivity contribution < 1.29 is 23.8 Å². The van der Waals surface area contributed by atoms with Crippen LogP contribution < -0.4 is 14.8 Å². The van der Waals surface area contributed by atoms with Gasteiger partial charge in [0, 0.05) is 17.1 Å². The molecule has 4 rings (SSSR count). The van der Waals surface area contributed by atoms with Crippen LogP contribution in [0.3, 0.4) is 0 Å². The summed E-state index contributed by atoms with van der Waals surface area (Å²) in [6.45, 7) is 1.65. The lowest BCUT2D eigenvalue weighted by atomic mass is 10.2. The number of ether oxygens (including phenoxy) is 3. The number of H-pyrrole nitrogens is 1. The van der Waals surface area contributed by atoms with Crippen LogP contribution in [0, 0.1) is 0 Å². The SMILES string of the molecule is C[C@H](OC(=O)c1n[nH]c2ccccc12)C(=O)Nc1ccc2c(c1)OCO2. The summed E-state index contributed by atoms with van der Waals surface area (Å²) >= 11 is 0. The fourth-order valence-corrected chi connectivity index (χ4v) is 2.61. The number of aromatic nitrogens is 2. The maximum atomic E-state index is 12.3. The molecular weight excluding hydrogens is 338 g/mol. The van der Waals surface area contributed by atoms with Crippen molar-refractivity contribution in [1.29, 1.82) is 0 Å². The number of nitrogens with zero attached hydrogens (tertiary/aromatic N) is 1. The number of nitrogens with one attached hydrogen (secondary N) is 2. The van der Waals surface area contributed by atoms with Gasteiger partial charge >= 0.3 is 5.97 Å². The quantitative estimate of drug-likeness (QED) is 0.699. The Morgan fingerprint density at radius 3 is 2.88 bits per heavy atom. The third-order valence-corrected chi connectivity index (χ3v) is 3.96. The molecule has 0 radical (unpaired) electrons. The number of carbonyl (C=O) groups is 2. The van der Waals surface area contributed by atoms with Gasteiger partial charge in [0.15, 0.2) is 23.3 Å². The normalized spacial score (nSPS) is 13.4. The highest BCUT2D eigenvalue weighted by atomic mass is 16.7. The largest absolute Gasteiger partial charge is 0.454 e. The van der Waals surface area contributed by atoms with E-state index in [1.54, 1.807) is 36.4 Å². The Labute approximate surface area is 148 Å². The summed E-state index contributed by atoms with van der Waals surface area (Å²) in [6.07, 6.45) is -0.997. The van der Waals surface area contributed by atoms with Crippen LogP contribution in [0.15, 0.2) is 42.5 Å². The lowest BCUT2D eigenvalue weighted by Crippen LogP contribution is -2.30. The van der Waals surface area contributed by atoms with Crippen LogP contribution in [0.1, 0.15) is 17.4 Å². The van der Waals surface area contributed by atoms with Gasteiger partial charge in [-0.25, -0.2) is 4.79 Å². The molecule has 0 aliphatic carbocycles. The van der Waals surface area contributed by atoms with Gasteiger partial charge in [0.25, 0.3) is 5.91 Å². The van der Waals surface area contributed by atoms with E-state index in [-0.39, 0.29) is 12.5 Å². The average Bonchev–Trinajstić information content (AvgIpc) is 3.27. The van der Waals surface area contributed by atoms with Crippen molar-refractivity contribution in [2.45, 2.75) is 13.0 Å². The molecule has 8 heteroatoms. The number of benzene rings is 2. The summed E-state index contributed by atoms with van der Waals surface area (Å²) in [6, 6.07) is 12.2. The van der Waals surface area contributed by atoms with Gasteiger partial charge in [-0.2, -0.15) is 5.10 Å². The van der Waals surface area contributed by atoms with E-state index in [4.69, 9.17) is 14.2 Å². The molecule has 26 heavy (non-hydrogen) atoms. The molecule has 132 valence electrons. The topological polar surface area (TPSA) is 103 Å². The fourth-order valence-electron chi connectivity index (χ4n) is 2.61. The van der Waals surface area contributed by atoms with Gasteiger partial charge in [-0.15, -0.1) is 0 Å². The highest BCUT2D eigenvalue weighted by Gasteiger charge is 2.23. The average molecular weight is 353 g/mol. The molecule has 1 aliphatic heterocycles. The molecule has 0 saturated carbocycles. The zero-order valence-corrected chi connectivity index (χ0v) is 13.8. The van der Waals surface area contributed by atoms with Crippen molar-refractivity contribution >= 4 is 28.5 Å². The number of esters is 1. The molecular formula is C18H15N3O5. The Bertz CT molecular complexity index is 997. The van der Waals surface area contributed by atoms with Gasteiger partial charge < -0.3 is 19.5 Å². The van der Waals surface area contributed by atoms with Crippen molar-refractivity contribution in [3.63, 3.8) is 0 Å². The molecule has 0 fully saturated rings. The second-order valence-corrected chi connectivity index (χ2v) is 5.72. The van der Waals surface area contributed by atoms with Crippen molar-refractivity contribution in [3.05, 3.63) is 48.2 Å². The molecule has 8 nitrogen and oxygen atoms in total. The molecule has 3 aromatic rings. The predicted molar refractivity (Wildman–Crippen MR) is 92.2 cm³/mol. The Morgan fingerprint density at radius 1 is 1.19 bits per heavy atom. The molecule has 1 aromatic heterocycles. The molecule has 2 heterocycles. The first-order valence-electron chi connectivity index (χ1n) is 7.96. The molecule has 2 aromatic carbocycles. The smallest absolute Gasteiger partial charge is 0.360 e. The minimum Gasteiger partial charge on any atom is -0.454 e. The van der Waals surface area contributed by atoms with Crippen molar-refractivity contribution in [2.24, 2.45) is 0 Å². The summed E-state index contributed by atoms with van der Waals surface area (Å²) in [4.78, 5) is 24.6. The third-order valence-electron chi connectivity index (χ3n) is 3.96. The predicted octanol–water partition coefficient (Wildman–Crippen LogP) is 2.48. The van der Waals surface area contributed by atoms with Crippen LogP contribution >= 0.6 is 0 Å². The number of hydrogen-bond donors (Lipinski definition) is 2. The van der Waals surface area contributed by atoms with E-state index in [2.05, 4.69) is 15.5 Å². The minimum absolute atomic E-state index is 0.142. The zero-order valence-electron chi connectivity index (χ0n) is 13.8. The van der Waals surface area contributed by atoms with Crippen molar-refractivity contribution in [1.82, 2.24) is 10.2 Å². The number of amides is 1. The van der Waals surface area contributed by atoms with Crippen molar-refractivity contribution in [2.75, 3.05) is 12.1 Å². The van der Waals surface area contributed by atoms with E-state index in [1.165, 1.54) is 6.92 Å². The lowest BCUT2D eigenvalue weighted by Gasteiger charge is -2.13. The number of hydrogen-bond acceptors (Lipinski definition) is 6. The molecule has 0 spiro atoms. The third kappa shape index (κ3) is 2.92. The summed E-state index contributed by atoms with van der Waals surface area (Å²) in [5.41, 5.74) is 1.38. The molecule has 0 unspecified atom stereocenters. The van der Waals surface area contributed by atoms with E-state index in [0.29, 0.717) is 22.6 Å². The van der Waals surface area contributed by atoms with E-state index < -0.39 is 18.0 Å². The summed E-state index contributed by atoms with van der Waals surface area (Å²) in [7, 11) is 0. The minimum atomic E-state index is -0.997. The molecule has 1 atom stereocenters. The van der Waals surface area contributed by atoms with Gasteiger partial charge in [-0.05, 0) is 25.1 Å². The van der Waals surface area contributed by atoms with Crippen LogP contribution in [0.4, 0.5) is 5.69 Å². The molecule has 1 amide bonds. The molecule has 1 aliphatic rings. The number of rotatable bonds is 4. The second-order valence-electron chi connectivity index (χ2n) is 5.72. The van der Waals surface area contributed by atoms with E-state index in [1.807, 2.05) is 6.07 Å².